The zero-order valence-electron chi connectivity index (χ0n) is 18.1. The van der Waals surface area contributed by atoms with E-state index >= 15 is 0 Å². The molecule has 1 unspecified atom stereocenters. The maximum Gasteiger partial charge on any atom is 0.389 e. The Morgan fingerprint density at radius 2 is 1.65 bits per heavy atom. The molecule has 2 aromatic carbocycles. The highest BCUT2D eigenvalue weighted by atomic mass is 32.2. The number of hydrogen-bond acceptors (Lipinski definition) is 5. The highest BCUT2D eigenvalue weighted by molar-refractivity contribution is 7.89. The number of halogens is 3. The van der Waals surface area contributed by atoms with Gasteiger partial charge in [-0.1, -0.05) is 30.7 Å². The monoisotopic (exact) mass is 502 g/mol. The smallest absolute Gasteiger partial charge is 0.389 e. The van der Waals surface area contributed by atoms with Crippen LogP contribution in [0.5, 0.6) is 0 Å². The number of nitro groups is 1. The Morgan fingerprint density at radius 3 is 2.18 bits per heavy atom. The molecule has 0 aliphatic heterocycles. The lowest BCUT2D eigenvalue weighted by Crippen LogP contribution is -2.29. The third-order valence-electron chi connectivity index (χ3n) is 5.10. The van der Waals surface area contributed by atoms with Crippen LogP contribution in [0.3, 0.4) is 0 Å². The predicted octanol–water partition coefficient (Wildman–Crippen LogP) is 5.14. The van der Waals surface area contributed by atoms with Crippen LogP contribution in [0.25, 0.3) is 0 Å². The topological polar surface area (TPSA) is 127 Å². The van der Waals surface area contributed by atoms with Crippen molar-refractivity contribution in [1.29, 1.82) is 0 Å². The highest BCUT2D eigenvalue weighted by Gasteiger charge is 2.27. The zero-order chi connectivity index (χ0) is 25.4. The number of aliphatic carboxylic acids is 1. The summed E-state index contributed by atoms with van der Waals surface area (Å²) in [6, 6.07) is 10.2. The highest BCUT2D eigenvalue weighted by Crippen LogP contribution is 2.27. The van der Waals surface area contributed by atoms with E-state index in [-0.39, 0.29) is 36.3 Å². The Hall–Kier alpha value is -2.99. The van der Waals surface area contributed by atoms with Crippen molar-refractivity contribution in [3.8, 4) is 0 Å². The number of nitrogens with one attached hydrogen (secondary N) is 1. The number of aryl methyl sites for hydroxylation is 1. The molecule has 0 saturated heterocycles. The lowest BCUT2D eigenvalue weighted by molar-refractivity contribution is -0.384. The van der Waals surface area contributed by atoms with Gasteiger partial charge in [-0.05, 0) is 48.9 Å². The van der Waals surface area contributed by atoms with Gasteiger partial charge in [-0.25, -0.2) is 13.1 Å². The molecule has 0 amide bonds. The van der Waals surface area contributed by atoms with Crippen molar-refractivity contribution in [2.24, 2.45) is 0 Å². The summed E-state index contributed by atoms with van der Waals surface area (Å²) in [7, 11) is -4.11. The molecule has 0 radical (unpaired) electrons. The van der Waals surface area contributed by atoms with Crippen LogP contribution < -0.4 is 4.72 Å². The molecule has 0 saturated carbocycles. The number of sulfonamides is 1. The van der Waals surface area contributed by atoms with E-state index in [4.69, 9.17) is 5.11 Å². The molecule has 0 bridgehead atoms. The molecule has 8 nitrogen and oxygen atoms in total. The van der Waals surface area contributed by atoms with Gasteiger partial charge in [0.1, 0.15) is 0 Å². The van der Waals surface area contributed by atoms with Crippen molar-refractivity contribution in [3.63, 3.8) is 0 Å². The summed E-state index contributed by atoms with van der Waals surface area (Å²) in [5.41, 5.74) is 1.11. The Balaban J connectivity index is 2.17. The molecule has 0 aliphatic rings. The number of alkyl halides is 3. The van der Waals surface area contributed by atoms with Crippen molar-refractivity contribution in [3.05, 3.63) is 69.8 Å². The first kappa shape index (κ1) is 27.3. The molecule has 0 aromatic heterocycles. The normalized spacial score (nSPS) is 12.9. The summed E-state index contributed by atoms with van der Waals surface area (Å²) in [5.74, 6) is -0.906. The van der Waals surface area contributed by atoms with Crippen molar-refractivity contribution in [2.45, 2.75) is 62.1 Å². The lowest BCUT2D eigenvalue weighted by Gasteiger charge is -2.20. The maximum absolute atomic E-state index is 12.8. The second-order valence-corrected chi connectivity index (χ2v) is 9.49. The van der Waals surface area contributed by atoms with Crippen LogP contribution in [0.2, 0.25) is 0 Å². The van der Waals surface area contributed by atoms with Gasteiger partial charge < -0.3 is 5.11 Å². The maximum atomic E-state index is 12.8. The van der Waals surface area contributed by atoms with Crippen LogP contribution >= 0.6 is 0 Å². The number of nitro benzene ring substituents is 1. The SMILES string of the molecule is O=C(O)CCCc1ccc(C(CCCCC(F)(F)F)NS(=O)(=O)c2ccc([N+](=O)[O-])cc2)cc1. The number of rotatable bonds is 13. The number of non-ortho nitro benzene ring substituents is 1. The Kier molecular flexibility index (Phi) is 9.56. The standard InChI is InChI=1S/C22H25F3N2O6S/c23-22(24,25)15-2-1-5-20(17-9-7-16(8-10-17)4-3-6-21(28)29)26-34(32,33)19-13-11-18(12-14-19)27(30)31/h7-14,20,26H,1-6,15H2,(H,28,29). The molecule has 2 N–H and O–H groups in total. The van der Waals surface area contributed by atoms with Gasteiger partial charge in [-0.2, -0.15) is 13.2 Å². The number of carbonyl (C=O) groups is 1. The number of carboxylic acid groups (broad SMARTS) is 1. The molecule has 1 atom stereocenters. The molecule has 34 heavy (non-hydrogen) atoms. The predicted molar refractivity (Wildman–Crippen MR) is 118 cm³/mol. The number of hydrogen-bond donors (Lipinski definition) is 2. The molecule has 186 valence electrons. The third kappa shape index (κ3) is 9.10. The summed E-state index contributed by atoms with van der Waals surface area (Å²) >= 11 is 0. The summed E-state index contributed by atoms with van der Waals surface area (Å²) in [4.78, 5) is 20.6. The van der Waals surface area contributed by atoms with E-state index in [9.17, 15) is 36.5 Å². The molecule has 2 rings (SSSR count). The van der Waals surface area contributed by atoms with Gasteiger partial charge in [0.05, 0.1) is 9.82 Å². The minimum atomic E-state index is -4.30. The van der Waals surface area contributed by atoms with Crippen LogP contribution in [-0.4, -0.2) is 30.6 Å². The average molecular weight is 503 g/mol. The third-order valence-corrected chi connectivity index (χ3v) is 6.58. The molecule has 12 heteroatoms. The lowest BCUT2D eigenvalue weighted by atomic mass is 9.98. The van der Waals surface area contributed by atoms with Crippen molar-refractivity contribution in [1.82, 2.24) is 4.72 Å². The minimum Gasteiger partial charge on any atom is -0.481 e. The van der Waals surface area contributed by atoms with E-state index in [0.717, 1.165) is 29.8 Å². The first-order valence-corrected chi connectivity index (χ1v) is 12.0. The summed E-state index contributed by atoms with van der Waals surface area (Å²) in [6.45, 7) is 0. The van der Waals surface area contributed by atoms with E-state index in [1.54, 1.807) is 24.3 Å². The quantitative estimate of drug-likeness (QED) is 0.222. The number of carboxylic acids is 1. The molecule has 0 fully saturated rings. The molecule has 0 heterocycles. The van der Waals surface area contributed by atoms with E-state index in [1.165, 1.54) is 0 Å². The van der Waals surface area contributed by atoms with Crippen molar-refractivity contribution in [2.75, 3.05) is 0 Å². The van der Waals surface area contributed by atoms with Crippen LogP contribution in [0.4, 0.5) is 18.9 Å². The fourth-order valence-electron chi connectivity index (χ4n) is 3.33. The van der Waals surface area contributed by atoms with Gasteiger partial charge in [0.25, 0.3) is 5.69 Å². The van der Waals surface area contributed by atoms with Gasteiger partial charge in [0.2, 0.25) is 10.0 Å². The number of benzene rings is 2. The summed E-state index contributed by atoms with van der Waals surface area (Å²) in [6.07, 6.45) is -4.25. The van der Waals surface area contributed by atoms with E-state index in [2.05, 4.69) is 4.72 Å². The van der Waals surface area contributed by atoms with E-state index < -0.39 is 39.6 Å². The molecule has 2 aromatic rings. The van der Waals surface area contributed by atoms with Crippen LogP contribution in [0.15, 0.2) is 53.4 Å². The van der Waals surface area contributed by atoms with E-state index in [1.807, 2.05) is 0 Å². The fourth-order valence-corrected chi connectivity index (χ4v) is 4.59. The Morgan fingerprint density at radius 1 is 1.03 bits per heavy atom. The molecule has 0 spiro atoms. The first-order chi connectivity index (χ1) is 15.9. The van der Waals surface area contributed by atoms with Gasteiger partial charge in [-0.3, -0.25) is 14.9 Å². The summed E-state index contributed by atoms with van der Waals surface area (Å²) in [5, 5.41) is 19.5. The largest absolute Gasteiger partial charge is 0.481 e. The second-order valence-electron chi connectivity index (χ2n) is 7.77. The minimum absolute atomic E-state index is 0.0125. The van der Waals surface area contributed by atoms with Gasteiger partial charge in [0.15, 0.2) is 0 Å². The van der Waals surface area contributed by atoms with Crippen molar-refractivity contribution < 1.29 is 36.4 Å². The zero-order valence-corrected chi connectivity index (χ0v) is 18.9. The number of unbranched alkanes of at least 4 members (excludes halogenated alkanes) is 1. The fraction of sp³-hybridized carbons (Fsp3) is 0.409. The van der Waals surface area contributed by atoms with Crippen LogP contribution in [-0.2, 0) is 21.2 Å². The summed E-state index contributed by atoms with van der Waals surface area (Å²) < 4.78 is 65.6. The molecular weight excluding hydrogens is 477 g/mol. The Bertz CT molecular complexity index is 1070. The van der Waals surface area contributed by atoms with Gasteiger partial charge in [-0.15, -0.1) is 0 Å². The second kappa shape index (κ2) is 11.9. The molecule has 0 aliphatic carbocycles. The average Bonchev–Trinajstić information content (AvgIpc) is 2.75. The van der Waals surface area contributed by atoms with Gasteiger partial charge in [0, 0.05) is 31.0 Å². The van der Waals surface area contributed by atoms with Gasteiger partial charge >= 0.3 is 12.1 Å². The Labute approximate surface area is 195 Å². The van der Waals surface area contributed by atoms with Crippen molar-refractivity contribution >= 4 is 21.7 Å². The van der Waals surface area contributed by atoms with Crippen LogP contribution in [0, 0.1) is 10.1 Å². The molecular formula is C22H25F3N2O6S. The van der Waals surface area contributed by atoms with Crippen LogP contribution in [0.1, 0.15) is 55.7 Å². The first-order valence-electron chi connectivity index (χ1n) is 10.5. The van der Waals surface area contributed by atoms with E-state index in [0.29, 0.717) is 18.4 Å². The number of nitrogens with zero attached hydrogens (tertiary/aromatic N) is 1.